The molecule has 1 aromatic rings. The summed E-state index contributed by atoms with van der Waals surface area (Å²) in [5.41, 5.74) is 1.55. The molecule has 1 fully saturated rings. The van der Waals surface area contributed by atoms with Crippen molar-refractivity contribution in [1.29, 1.82) is 0 Å². The van der Waals surface area contributed by atoms with Crippen molar-refractivity contribution in [3.05, 3.63) is 48.0 Å². The topological polar surface area (TPSA) is 55.8 Å². The standard InChI is InChI=1S/C23H33NO4/c1-5-27-22(25)17(3)16-20(23(26)28-6-2)21-14-10-11-15-24(21)18(4)19-12-8-7-9-13-19/h7-9,12-13,18,20-21H,3,5-6,10-11,14-16H2,1-2,4H3/t18-,20+,21+/m0/s1. The Bertz CT molecular complexity index is 658. The van der Waals surface area contributed by atoms with Gasteiger partial charge in [0.15, 0.2) is 0 Å². The molecule has 0 N–H and O–H groups in total. The monoisotopic (exact) mass is 387 g/mol. The second kappa shape index (κ2) is 11.0. The Kier molecular flexibility index (Phi) is 8.71. The zero-order valence-electron chi connectivity index (χ0n) is 17.4. The number of hydrogen-bond donors (Lipinski definition) is 0. The average Bonchev–Trinajstić information content (AvgIpc) is 2.72. The van der Waals surface area contributed by atoms with Gasteiger partial charge in [0, 0.05) is 17.7 Å². The van der Waals surface area contributed by atoms with Gasteiger partial charge >= 0.3 is 11.9 Å². The molecule has 2 rings (SSSR count). The van der Waals surface area contributed by atoms with Crippen LogP contribution >= 0.6 is 0 Å². The summed E-state index contributed by atoms with van der Waals surface area (Å²) in [5, 5.41) is 0. The Labute approximate surface area is 168 Å². The van der Waals surface area contributed by atoms with E-state index in [0.717, 1.165) is 25.8 Å². The van der Waals surface area contributed by atoms with Crippen molar-refractivity contribution in [2.24, 2.45) is 5.92 Å². The van der Waals surface area contributed by atoms with Gasteiger partial charge < -0.3 is 9.47 Å². The Morgan fingerprint density at radius 2 is 1.82 bits per heavy atom. The summed E-state index contributed by atoms with van der Waals surface area (Å²) in [6, 6.07) is 10.5. The van der Waals surface area contributed by atoms with E-state index in [1.807, 2.05) is 18.2 Å². The Balaban J connectivity index is 2.25. The number of likely N-dealkylation sites (tertiary alicyclic amines) is 1. The van der Waals surface area contributed by atoms with E-state index in [9.17, 15) is 9.59 Å². The molecule has 3 atom stereocenters. The van der Waals surface area contributed by atoms with Crippen LogP contribution in [0.2, 0.25) is 0 Å². The first-order valence-electron chi connectivity index (χ1n) is 10.3. The fourth-order valence-corrected chi connectivity index (χ4v) is 4.02. The van der Waals surface area contributed by atoms with E-state index in [1.165, 1.54) is 5.56 Å². The largest absolute Gasteiger partial charge is 0.466 e. The molecule has 1 aromatic carbocycles. The second-order valence-corrected chi connectivity index (χ2v) is 7.27. The third-order valence-corrected chi connectivity index (χ3v) is 5.46. The van der Waals surface area contributed by atoms with Crippen LogP contribution in [0.25, 0.3) is 0 Å². The molecule has 0 radical (unpaired) electrons. The molecule has 0 aliphatic carbocycles. The fourth-order valence-electron chi connectivity index (χ4n) is 4.02. The van der Waals surface area contributed by atoms with Crippen molar-refractivity contribution in [2.45, 2.75) is 58.5 Å². The van der Waals surface area contributed by atoms with E-state index in [-0.39, 0.29) is 24.5 Å². The van der Waals surface area contributed by atoms with Crippen molar-refractivity contribution < 1.29 is 19.1 Å². The Morgan fingerprint density at radius 1 is 1.14 bits per heavy atom. The van der Waals surface area contributed by atoms with Gasteiger partial charge in [0.05, 0.1) is 19.1 Å². The van der Waals surface area contributed by atoms with Gasteiger partial charge in [0.2, 0.25) is 0 Å². The number of benzene rings is 1. The molecule has 5 heteroatoms. The van der Waals surface area contributed by atoms with Crippen LogP contribution in [0.3, 0.4) is 0 Å². The zero-order chi connectivity index (χ0) is 20.5. The van der Waals surface area contributed by atoms with Crippen LogP contribution in [0.4, 0.5) is 0 Å². The lowest BCUT2D eigenvalue weighted by atomic mass is 9.84. The van der Waals surface area contributed by atoms with Gasteiger partial charge in [0.1, 0.15) is 0 Å². The fraction of sp³-hybridized carbons (Fsp3) is 0.565. The summed E-state index contributed by atoms with van der Waals surface area (Å²) >= 11 is 0. The van der Waals surface area contributed by atoms with Crippen LogP contribution in [-0.2, 0) is 19.1 Å². The third-order valence-electron chi connectivity index (χ3n) is 5.46. The molecule has 5 nitrogen and oxygen atoms in total. The molecular weight excluding hydrogens is 354 g/mol. The highest BCUT2D eigenvalue weighted by atomic mass is 16.5. The van der Waals surface area contributed by atoms with Gasteiger partial charge in [-0.2, -0.15) is 0 Å². The summed E-state index contributed by atoms with van der Waals surface area (Å²) in [5.74, 6) is -1.12. The van der Waals surface area contributed by atoms with Crippen molar-refractivity contribution in [2.75, 3.05) is 19.8 Å². The lowest BCUT2D eigenvalue weighted by molar-refractivity contribution is -0.152. The van der Waals surface area contributed by atoms with E-state index in [1.54, 1.807) is 13.8 Å². The van der Waals surface area contributed by atoms with Gasteiger partial charge in [-0.05, 0) is 52.1 Å². The summed E-state index contributed by atoms with van der Waals surface area (Å²) in [6.07, 6.45) is 3.32. The van der Waals surface area contributed by atoms with E-state index >= 15 is 0 Å². The average molecular weight is 388 g/mol. The summed E-state index contributed by atoms with van der Waals surface area (Å²) in [7, 11) is 0. The molecule has 1 aliphatic heterocycles. The minimum atomic E-state index is -0.435. The lowest BCUT2D eigenvalue weighted by Crippen LogP contribution is -2.48. The Hall–Kier alpha value is -2.14. The molecule has 1 aliphatic rings. The van der Waals surface area contributed by atoms with Crippen molar-refractivity contribution in [3.8, 4) is 0 Å². The molecular formula is C23H33NO4. The number of ether oxygens (including phenoxy) is 2. The highest BCUT2D eigenvalue weighted by Gasteiger charge is 2.38. The van der Waals surface area contributed by atoms with Crippen LogP contribution in [-0.4, -0.2) is 42.6 Å². The zero-order valence-corrected chi connectivity index (χ0v) is 17.4. The summed E-state index contributed by atoms with van der Waals surface area (Å²) in [6.45, 7) is 11.2. The molecule has 154 valence electrons. The van der Waals surface area contributed by atoms with Gasteiger partial charge in [0.25, 0.3) is 0 Å². The number of piperidine rings is 1. The summed E-state index contributed by atoms with van der Waals surface area (Å²) < 4.78 is 10.4. The first-order chi connectivity index (χ1) is 13.5. The van der Waals surface area contributed by atoms with Gasteiger partial charge in [-0.1, -0.05) is 43.3 Å². The van der Waals surface area contributed by atoms with Crippen LogP contribution in [0.1, 0.15) is 58.1 Å². The highest BCUT2D eigenvalue weighted by molar-refractivity contribution is 5.89. The number of carbonyl (C=O) groups is 2. The van der Waals surface area contributed by atoms with E-state index < -0.39 is 11.9 Å². The Morgan fingerprint density at radius 3 is 2.46 bits per heavy atom. The normalized spacial score (nSPS) is 19.5. The number of esters is 2. The SMILES string of the molecule is C=C(C[C@@H](C(=O)OCC)[C@H]1CCCCN1[C@@H](C)c1ccccc1)C(=O)OCC. The maximum Gasteiger partial charge on any atom is 0.333 e. The number of nitrogens with zero attached hydrogens (tertiary/aromatic N) is 1. The van der Waals surface area contributed by atoms with E-state index in [4.69, 9.17) is 9.47 Å². The molecule has 28 heavy (non-hydrogen) atoms. The van der Waals surface area contributed by atoms with Crippen molar-refractivity contribution in [1.82, 2.24) is 4.90 Å². The maximum absolute atomic E-state index is 12.8. The molecule has 1 heterocycles. The third kappa shape index (κ3) is 5.68. The molecule has 0 saturated carbocycles. The van der Waals surface area contributed by atoms with Crippen molar-refractivity contribution >= 4 is 11.9 Å². The smallest absolute Gasteiger partial charge is 0.333 e. The molecule has 1 saturated heterocycles. The van der Waals surface area contributed by atoms with Gasteiger partial charge in [-0.25, -0.2) is 4.79 Å². The molecule has 0 amide bonds. The van der Waals surface area contributed by atoms with Gasteiger partial charge in [-0.15, -0.1) is 0 Å². The maximum atomic E-state index is 12.8. The van der Waals surface area contributed by atoms with Crippen LogP contribution in [0, 0.1) is 5.92 Å². The minimum Gasteiger partial charge on any atom is -0.466 e. The quantitative estimate of drug-likeness (QED) is 0.467. The van der Waals surface area contributed by atoms with Crippen LogP contribution in [0.15, 0.2) is 42.5 Å². The van der Waals surface area contributed by atoms with Crippen molar-refractivity contribution in [3.63, 3.8) is 0 Å². The molecule has 0 bridgehead atoms. The van der Waals surface area contributed by atoms with Gasteiger partial charge in [-0.3, -0.25) is 9.69 Å². The number of carbonyl (C=O) groups excluding carboxylic acids is 2. The molecule has 0 aromatic heterocycles. The first-order valence-corrected chi connectivity index (χ1v) is 10.3. The predicted molar refractivity (Wildman–Crippen MR) is 110 cm³/mol. The van der Waals surface area contributed by atoms with Crippen LogP contribution < -0.4 is 0 Å². The predicted octanol–water partition coefficient (Wildman–Crippen LogP) is 4.29. The lowest BCUT2D eigenvalue weighted by Gasteiger charge is -2.43. The minimum absolute atomic E-state index is 0.00850. The van der Waals surface area contributed by atoms with E-state index in [0.29, 0.717) is 18.8 Å². The summed E-state index contributed by atoms with van der Waals surface area (Å²) in [4.78, 5) is 27.3. The highest BCUT2D eigenvalue weighted by Crippen LogP contribution is 2.34. The van der Waals surface area contributed by atoms with E-state index in [2.05, 4.69) is 30.5 Å². The number of rotatable bonds is 9. The molecule has 0 unspecified atom stereocenters. The van der Waals surface area contributed by atoms with Crippen LogP contribution in [0.5, 0.6) is 0 Å². The molecule has 0 spiro atoms. The number of hydrogen-bond acceptors (Lipinski definition) is 5. The first kappa shape index (κ1) is 22.2. The second-order valence-electron chi connectivity index (χ2n) is 7.27.